The second-order valence-electron chi connectivity index (χ2n) is 16.7. The first-order valence-electron chi connectivity index (χ1n) is 23.1. The van der Waals surface area contributed by atoms with Crippen LogP contribution in [0.5, 0.6) is 11.5 Å². The third-order valence-electron chi connectivity index (χ3n) is 11.0. The molecular weight excluding hydrogens is 897 g/mol. The number of imidazole rings is 2. The summed E-state index contributed by atoms with van der Waals surface area (Å²) in [5, 5.41) is 25.6. The molecule has 368 valence electrons. The van der Waals surface area contributed by atoms with E-state index >= 15 is 0 Å². The standard InChI is InChI=1S/C48H60N16O6/c1-8-63-37(21-30(5)58-63)45(67)56-47-54-35-23-32(43(49)65)25-39(69-19-13-12-16-60-28-34(27-52-60)53-29(3)4)41(35)61(47)17-10-11-18-62-42-36(24-33(44(50)66)26-40(42)70-20-14-15-51-7)55-48(62)57-46(68)38-22-31(6)59-64(38)9-2/h10-13,21-29,51,53H,8-9,14-20H2,1-7H3,(H2,49,65)(H2,50,66)(H,54,56,67)(H,55,57,68)/b11-10+,13-12+. The Labute approximate surface area is 404 Å². The third kappa shape index (κ3) is 11.5. The van der Waals surface area contributed by atoms with Crippen LogP contribution < -0.4 is 42.2 Å². The zero-order chi connectivity index (χ0) is 50.1. The Morgan fingerprint density at radius 1 is 0.714 bits per heavy atom. The van der Waals surface area contributed by atoms with Gasteiger partial charge in [-0.05, 0) is 104 Å². The Bertz CT molecular complexity index is 3090. The molecule has 22 heteroatoms. The number of primary amides is 2. The second kappa shape index (κ2) is 22.2. The quantitative estimate of drug-likeness (QED) is 0.0343. The fourth-order valence-electron chi connectivity index (χ4n) is 7.83. The highest BCUT2D eigenvalue weighted by Gasteiger charge is 2.24. The Morgan fingerprint density at radius 3 is 1.71 bits per heavy atom. The molecule has 22 nitrogen and oxygen atoms in total. The van der Waals surface area contributed by atoms with Crippen LogP contribution in [-0.4, -0.2) is 105 Å². The van der Waals surface area contributed by atoms with E-state index in [0.717, 1.165) is 5.69 Å². The van der Waals surface area contributed by atoms with Gasteiger partial charge in [-0.3, -0.25) is 43.9 Å². The molecule has 4 amide bonds. The number of aryl methyl sites for hydroxylation is 4. The smallest absolute Gasteiger partial charge is 0.276 e. The summed E-state index contributed by atoms with van der Waals surface area (Å²) in [6, 6.07) is 9.88. The number of nitrogens with one attached hydrogen (secondary N) is 4. The highest BCUT2D eigenvalue weighted by molar-refractivity contribution is 6.05. The van der Waals surface area contributed by atoms with E-state index in [-0.39, 0.29) is 48.8 Å². The first-order chi connectivity index (χ1) is 33.7. The van der Waals surface area contributed by atoms with Crippen LogP contribution in [0.2, 0.25) is 0 Å². The van der Waals surface area contributed by atoms with Crippen molar-refractivity contribution in [3.63, 3.8) is 0 Å². The van der Waals surface area contributed by atoms with E-state index in [2.05, 4.69) is 50.4 Å². The molecule has 0 saturated carbocycles. The number of carbonyl (C=O) groups excluding carboxylic acids is 4. The normalized spacial score (nSPS) is 11.7. The van der Waals surface area contributed by atoms with Gasteiger partial charge in [0.15, 0.2) is 0 Å². The van der Waals surface area contributed by atoms with Crippen molar-refractivity contribution in [2.75, 3.05) is 42.8 Å². The van der Waals surface area contributed by atoms with Crippen molar-refractivity contribution < 1.29 is 28.7 Å². The van der Waals surface area contributed by atoms with E-state index in [1.807, 2.05) is 58.3 Å². The van der Waals surface area contributed by atoms with Gasteiger partial charge in [-0.2, -0.15) is 15.3 Å². The summed E-state index contributed by atoms with van der Waals surface area (Å²) in [6.45, 7) is 14.3. The number of aromatic nitrogens is 10. The van der Waals surface area contributed by atoms with Gasteiger partial charge < -0.3 is 40.7 Å². The van der Waals surface area contributed by atoms with Gasteiger partial charge in [-0.15, -0.1) is 0 Å². The molecule has 7 aromatic rings. The van der Waals surface area contributed by atoms with E-state index in [9.17, 15) is 19.2 Å². The largest absolute Gasteiger partial charge is 0.491 e. The highest BCUT2D eigenvalue weighted by atomic mass is 16.5. The molecule has 0 aliphatic carbocycles. The number of carbonyl (C=O) groups is 4. The van der Waals surface area contributed by atoms with Crippen LogP contribution in [0.15, 0.2) is 73.1 Å². The van der Waals surface area contributed by atoms with Gasteiger partial charge in [0.05, 0.1) is 47.5 Å². The van der Waals surface area contributed by atoms with Gasteiger partial charge in [-0.1, -0.05) is 18.2 Å². The van der Waals surface area contributed by atoms with Crippen LogP contribution in [0.25, 0.3) is 22.1 Å². The summed E-state index contributed by atoms with van der Waals surface area (Å²) in [5.41, 5.74) is 16.6. The van der Waals surface area contributed by atoms with Gasteiger partial charge in [0.25, 0.3) is 11.8 Å². The van der Waals surface area contributed by atoms with Crippen molar-refractivity contribution in [2.45, 2.75) is 86.7 Å². The van der Waals surface area contributed by atoms with Gasteiger partial charge in [0.1, 0.15) is 40.5 Å². The summed E-state index contributed by atoms with van der Waals surface area (Å²) < 4.78 is 21.1. The molecule has 0 radical (unpaired) electrons. The minimum absolute atomic E-state index is 0.116. The number of benzene rings is 2. The van der Waals surface area contributed by atoms with Crippen LogP contribution in [0.3, 0.4) is 0 Å². The molecule has 70 heavy (non-hydrogen) atoms. The number of hydrogen-bond donors (Lipinski definition) is 6. The molecule has 0 unspecified atom stereocenters. The number of ether oxygens (including phenoxy) is 2. The maximum Gasteiger partial charge on any atom is 0.276 e. The van der Waals surface area contributed by atoms with Gasteiger partial charge in [0.2, 0.25) is 23.7 Å². The van der Waals surface area contributed by atoms with Crippen molar-refractivity contribution in [2.24, 2.45) is 11.5 Å². The fraction of sp³-hybridized carbons (Fsp3) is 0.354. The average Bonchev–Trinajstić information content (AvgIpc) is 4.16. The van der Waals surface area contributed by atoms with Crippen molar-refractivity contribution in [1.82, 2.24) is 53.8 Å². The molecule has 5 aromatic heterocycles. The van der Waals surface area contributed by atoms with E-state index in [0.29, 0.717) is 95.5 Å². The number of nitrogens with zero attached hydrogens (tertiary/aromatic N) is 10. The lowest BCUT2D eigenvalue weighted by Crippen LogP contribution is -2.20. The fourth-order valence-corrected chi connectivity index (χ4v) is 7.83. The summed E-state index contributed by atoms with van der Waals surface area (Å²) in [4.78, 5) is 62.6. The molecule has 0 saturated heterocycles. The van der Waals surface area contributed by atoms with Crippen LogP contribution in [0.4, 0.5) is 17.6 Å². The first-order valence-corrected chi connectivity index (χ1v) is 23.1. The molecule has 0 aliphatic heterocycles. The molecular formula is C48H60N16O6. The average molecular weight is 957 g/mol. The number of allylic oxidation sites excluding steroid dienone is 3. The SMILES string of the molecule is CCn1nc(C)cc1C(=O)Nc1nc2cc(C(N)=O)cc(OC/C=C/Cn3cc(NC(C)C)cn3)c2n1C/C=C/Cn1c(NC(=O)c2cc(C)nn2CC)nc2cc(C(N)=O)cc(OCCCNC)c21. The number of nitrogens with two attached hydrogens (primary N) is 2. The van der Waals surface area contributed by atoms with Crippen molar-refractivity contribution in [3.05, 3.63) is 107 Å². The third-order valence-corrected chi connectivity index (χ3v) is 11.0. The lowest BCUT2D eigenvalue weighted by Gasteiger charge is -2.13. The molecule has 5 heterocycles. The first kappa shape index (κ1) is 49.6. The molecule has 7 rings (SSSR count). The summed E-state index contributed by atoms with van der Waals surface area (Å²) in [5.74, 6) is -1.25. The van der Waals surface area contributed by atoms with Crippen molar-refractivity contribution >= 4 is 63.3 Å². The van der Waals surface area contributed by atoms with Crippen LogP contribution in [0, 0.1) is 13.8 Å². The Morgan fingerprint density at radius 2 is 1.23 bits per heavy atom. The maximum absolute atomic E-state index is 13.9. The van der Waals surface area contributed by atoms with Crippen LogP contribution in [0.1, 0.15) is 87.2 Å². The Balaban J connectivity index is 1.26. The lowest BCUT2D eigenvalue weighted by atomic mass is 10.1. The molecule has 8 N–H and O–H groups in total. The topological polar surface area (TPSA) is 276 Å². The minimum atomic E-state index is -0.688. The number of rotatable bonds is 24. The summed E-state index contributed by atoms with van der Waals surface area (Å²) in [7, 11) is 1.84. The number of hydrogen-bond acceptors (Lipinski definition) is 13. The molecule has 0 fully saturated rings. The van der Waals surface area contributed by atoms with Crippen molar-refractivity contribution in [3.8, 4) is 11.5 Å². The number of anilines is 3. The zero-order valence-electron chi connectivity index (χ0n) is 40.4. The highest BCUT2D eigenvalue weighted by Crippen LogP contribution is 2.33. The summed E-state index contributed by atoms with van der Waals surface area (Å²) >= 11 is 0. The predicted octanol–water partition coefficient (Wildman–Crippen LogP) is 5.03. The minimum Gasteiger partial charge on any atom is -0.491 e. The van der Waals surface area contributed by atoms with Crippen LogP contribution >= 0.6 is 0 Å². The van der Waals surface area contributed by atoms with E-state index in [1.54, 1.807) is 72.7 Å². The Kier molecular flexibility index (Phi) is 15.8. The molecule has 0 spiro atoms. The predicted molar refractivity (Wildman–Crippen MR) is 266 cm³/mol. The van der Waals surface area contributed by atoms with E-state index in [1.165, 1.54) is 0 Å². The van der Waals surface area contributed by atoms with E-state index in [4.69, 9.17) is 30.9 Å². The number of fused-ring (bicyclic) bond motifs is 2. The van der Waals surface area contributed by atoms with Crippen molar-refractivity contribution in [1.29, 1.82) is 0 Å². The van der Waals surface area contributed by atoms with Gasteiger partial charge >= 0.3 is 0 Å². The van der Waals surface area contributed by atoms with Crippen LogP contribution in [-0.2, 0) is 32.7 Å². The summed E-state index contributed by atoms with van der Waals surface area (Å²) in [6.07, 6.45) is 11.8. The molecule has 0 aliphatic rings. The van der Waals surface area contributed by atoms with E-state index < -0.39 is 23.6 Å². The molecule has 0 bridgehead atoms. The van der Waals surface area contributed by atoms with Gasteiger partial charge in [-0.25, -0.2) is 9.97 Å². The monoisotopic (exact) mass is 956 g/mol. The maximum atomic E-state index is 13.9. The lowest BCUT2D eigenvalue weighted by molar-refractivity contribution is 0.0991. The molecule has 0 atom stereocenters. The second-order valence-corrected chi connectivity index (χ2v) is 16.7. The Hall–Kier alpha value is -8.27. The zero-order valence-corrected chi connectivity index (χ0v) is 40.4. The number of amides is 4. The molecule has 2 aromatic carbocycles. The van der Waals surface area contributed by atoms with Gasteiger partial charge in [0, 0.05) is 49.5 Å².